The minimum absolute atomic E-state index is 0.219. The van der Waals surface area contributed by atoms with Gasteiger partial charge in [-0.1, -0.05) is 59.6 Å². The highest BCUT2D eigenvalue weighted by molar-refractivity contribution is 6.39. The Morgan fingerprint density at radius 1 is 0.633 bits per heavy atom. The number of likely N-dealkylation sites (tertiary alicyclic amines) is 2. The number of piperidine rings is 2. The van der Waals surface area contributed by atoms with Crippen molar-refractivity contribution in [2.24, 2.45) is 0 Å². The number of rotatable bonds is 11. The number of carbonyl (C=O) groups is 2. The van der Waals surface area contributed by atoms with Crippen molar-refractivity contribution in [3.63, 3.8) is 0 Å². The van der Waals surface area contributed by atoms with Gasteiger partial charge in [0.25, 0.3) is 11.1 Å². The molecule has 0 saturated carbocycles. The molecule has 0 spiro atoms. The average molecular weight is 860 g/mol. The molecule has 6 heterocycles. The van der Waals surface area contributed by atoms with Crippen LogP contribution in [0.3, 0.4) is 0 Å². The van der Waals surface area contributed by atoms with Gasteiger partial charge in [-0.3, -0.25) is 29.0 Å². The fourth-order valence-corrected chi connectivity index (χ4v) is 9.29. The maximum Gasteiger partial charge on any atom is 0.320 e. The molecule has 0 radical (unpaired) electrons. The van der Waals surface area contributed by atoms with Crippen LogP contribution < -0.4 is 11.1 Å². The summed E-state index contributed by atoms with van der Waals surface area (Å²) in [6, 6.07) is 12.8. The number of aromatic nitrogens is 6. The predicted molar refractivity (Wildman–Crippen MR) is 225 cm³/mol. The summed E-state index contributed by atoms with van der Waals surface area (Å²) < 4.78 is 6.18. The van der Waals surface area contributed by atoms with E-state index in [1.54, 1.807) is 69.4 Å². The Morgan fingerprint density at radius 2 is 1.02 bits per heavy atom. The molecular weight excluding hydrogens is 815 g/mol. The predicted octanol–water partition coefficient (Wildman–Crippen LogP) is 4.05. The van der Waals surface area contributed by atoms with Crippen LogP contribution in [-0.4, -0.2) is 121 Å². The van der Waals surface area contributed by atoms with Crippen molar-refractivity contribution in [1.82, 2.24) is 38.2 Å². The van der Waals surface area contributed by atoms with E-state index in [2.05, 4.69) is 0 Å². The lowest BCUT2D eigenvalue weighted by Crippen LogP contribution is -2.50. The van der Waals surface area contributed by atoms with Crippen molar-refractivity contribution in [1.29, 1.82) is 0 Å². The molecule has 0 amide bonds. The van der Waals surface area contributed by atoms with Crippen LogP contribution in [0.15, 0.2) is 70.5 Å². The summed E-state index contributed by atoms with van der Waals surface area (Å²) >= 11 is 14.3. The van der Waals surface area contributed by atoms with Crippen LogP contribution in [0.2, 0.25) is 10.0 Å². The summed E-state index contributed by atoms with van der Waals surface area (Å²) in [6.45, 7) is 5.00. The zero-order valence-corrected chi connectivity index (χ0v) is 34.4. The summed E-state index contributed by atoms with van der Waals surface area (Å²) in [5.41, 5.74) is 4.51. The number of nitrogens with zero attached hydrogens (tertiary/aromatic N) is 8. The van der Waals surface area contributed by atoms with Gasteiger partial charge in [0, 0.05) is 85.3 Å². The molecule has 314 valence electrons. The molecule has 18 heteroatoms. The van der Waals surface area contributed by atoms with Crippen LogP contribution in [0.1, 0.15) is 37.1 Å². The standard InChI is InChI=1S/C42H44Cl2N8O8/c1-23-19-51-35(39(55)49(23)15-13-47-21-25(53)9-11-33(47)41(57)58)17-31(45-51)29-7-3-5-27(37(29)43)28-6-4-8-30(38(28)44)32-18-36-40(56)50(24(2)20-52(36)46-32)16-14-48-22-26(54)10-12-34(48)42(59)60/h3-8,17-20,25-26,33-34,53-54H,9-16,21-22H2,1-2H3,(H,57,58)(H,59,60)/t25-,26-,33-,34-/m0/s1. The van der Waals surface area contributed by atoms with Gasteiger partial charge in [-0.2, -0.15) is 10.2 Å². The Morgan fingerprint density at radius 3 is 1.40 bits per heavy atom. The third-order valence-electron chi connectivity index (χ3n) is 11.8. The van der Waals surface area contributed by atoms with Crippen molar-refractivity contribution >= 4 is 46.2 Å². The van der Waals surface area contributed by atoms with Crippen molar-refractivity contribution < 1.29 is 30.0 Å². The van der Waals surface area contributed by atoms with E-state index in [0.717, 1.165) is 0 Å². The van der Waals surface area contributed by atoms with Gasteiger partial charge < -0.3 is 29.6 Å². The van der Waals surface area contributed by atoms with Crippen LogP contribution >= 0.6 is 23.2 Å². The second-order valence-electron chi connectivity index (χ2n) is 15.7. The number of benzene rings is 2. The lowest BCUT2D eigenvalue weighted by molar-refractivity contribution is -0.147. The van der Waals surface area contributed by atoms with E-state index >= 15 is 0 Å². The number of aliphatic carboxylic acids is 2. The Labute approximate surface area is 353 Å². The van der Waals surface area contributed by atoms with Gasteiger partial charge in [0.05, 0.1) is 33.6 Å². The van der Waals surface area contributed by atoms with Crippen molar-refractivity contribution in [3.8, 4) is 33.6 Å². The van der Waals surface area contributed by atoms with E-state index in [1.165, 1.54) is 9.03 Å². The van der Waals surface area contributed by atoms with E-state index in [9.17, 15) is 39.6 Å². The number of aliphatic hydroxyl groups is 2. The summed E-state index contributed by atoms with van der Waals surface area (Å²) in [5, 5.41) is 49.9. The lowest BCUT2D eigenvalue weighted by atomic mass is 9.98. The first-order chi connectivity index (χ1) is 28.7. The molecule has 6 aromatic rings. The van der Waals surface area contributed by atoms with Gasteiger partial charge in [0.1, 0.15) is 23.1 Å². The van der Waals surface area contributed by atoms with E-state index < -0.39 is 36.2 Å². The summed E-state index contributed by atoms with van der Waals surface area (Å²) in [4.78, 5) is 54.8. The molecule has 8 rings (SSSR count). The molecule has 2 aromatic carbocycles. The van der Waals surface area contributed by atoms with Crippen LogP contribution in [0, 0.1) is 13.8 Å². The summed E-state index contributed by atoms with van der Waals surface area (Å²) in [6.07, 6.45) is 3.72. The number of carboxylic acid groups (broad SMARTS) is 2. The average Bonchev–Trinajstić information content (AvgIpc) is 3.83. The van der Waals surface area contributed by atoms with E-state index in [4.69, 9.17) is 33.4 Å². The summed E-state index contributed by atoms with van der Waals surface area (Å²) in [7, 11) is 0. The Balaban J connectivity index is 1.07. The first-order valence-electron chi connectivity index (χ1n) is 19.8. The van der Waals surface area contributed by atoms with Crippen molar-refractivity contribution in [2.45, 2.75) is 76.9 Å². The number of aryl methyl sites for hydroxylation is 2. The van der Waals surface area contributed by atoms with Crippen LogP contribution in [-0.2, 0) is 22.7 Å². The number of hydrogen-bond acceptors (Lipinski definition) is 10. The quantitative estimate of drug-likeness (QED) is 0.146. The zero-order valence-electron chi connectivity index (χ0n) is 32.9. The van der Waals surface area contributed by atoms with Gasteiger partial charge in [0.15, 0.2) is 0 Å². The largest absolute Gasteiger partial charge is 0.480 e. The fourth-order valence-electron chi connectivity index (χ4n) is 8.64. The van der Waals surface area contributed by atoms with Crippen LogP contribution in [0.25, 0.3) is 44.7 Å². The maximum atomic E-state index is 13.8. The van der Waals surface area contributed by atoms with Crippen LogP contribution in [0.5, 0.6) is 0 Å². The van der Waals surface area contributed by atoms with E-state index in [0.29, 0.717) is 91.8 Å². The third kappa shape index (κ3) is 7.74. The van der Waals surface area contributed by atoms with Gasteiger partial charge in [-0.15, -0.1) is 0 Å². The molecular formula is C42H44Cl2N8O8. The Kier molecular flexibility index (Phi) is 11.4. The first-order valence-corrected chi connectivity index (χ1v) is 20.5. The first kappa shape index (κ1) is 41.4. The minimum atomic E-state index is -0.951. The Hall–Kier alpha value is -5.36. The monoisotopic (exact) mass is 858 g/mol. The highest BCUT2D eigenvalue weighted by atomic mass is 35.5. The molecule has 4 atom stereocenters. The summed E-state index contributed by atoms with van der Waals surface area (Å²) in [5.74, 6) is -1.90. The fraction of sp³-hybridized carbons (Fsp3) is 0.381. The van der Waals surface area contributed by atoms with Gasteiger partial charge in [-0.25, -0.2) is 9.03 Å². The molecule has 2 saturated heterocycles. The number of aliphatic hydroxyl groups excluding tert-OH is 2. The van der Waals surface area contributed by atoms with Crippen LogP contribution in [0.4, 0.5) is 0 Å². The van der Waals surface area contributed by atoms with Gasteiger partial charge >= 0.3 is 11.9 Å². The second kappa shape index (κ2) is 16.6. The molecule has 4 aromatic heterocycles. The molecule has 0 unspecified atom stereocenters. The highest BCUT2D eigenvalue weighted by Gasteiger charge is 2.33. The van der Waals surface area contributed by atoms with Gasteiger partial charge in [0.2, 0.25) is 0 Å². The molecule has 60 heavy (non-hydrogen) atoms. The normalized spacial score (nSPS) is 20.3. The van der Waals surface area contributed by atoms with E-state index in [1.807, 2.05) is 24.3 Å². The molecule has 0 bridgehead atoms. The number of halogens is 2. The topological polar surface area (TPSA) is 200 Å². The molecule has 2 fully saturated rings. The SMILES string of the molecule is Cc1cn2nc(-c3cccc(-c4cccc(-c5cc6c(=O)n(CCN7C[C@@H](O)CC[C@H]7C(=O)O)c(C)cn6n5)c4Cl)c3Cl)cc2c(=O)n1CCN1C[C@@H](O)CC[C@H]1C(=O)O. The number of fused-ring (bicyclic) bond motifs is 2. The smallest absolute Gasteiger partial charge is 0.320 e. The van der Waals surface area contributed by atoms with Crippen molar-refractivity contribution in [2.75, 3.05) is 26.2 Å². The Bertz CT molecular complexity index is 2590. The number of β-amino-alcohol motifs (C(OH)–C–C–N with tert-alkyl or cyclic N) is 2. The van der Waals surface area contributed by atoms with E-state index in [-0.39, 0.29) is 50.4 Å². The van der Waals surface area contributed by atoms with Gasteiger partial charge in [-0.05, 0) is 51.7 Å². The molecule has 4 N–H and O–H groups in total. The van der Waals surface area contributed by atoms with Crippen molar-refractivity contribution in [3.05, 3.63) is 103 Å². The third-order valence-corrected chi connectivity index (χ3v) is 12.6. The highest BCUT2D eigenvalue weighted by Crippen LogP contribution is 2.42. The molecule has 2 aliphatic rings. The maximum absolute atomic E-state index is 13.8. The zero-order chi connectivity index (χ0) is 42.6. The second-order valence-corrected chi connectivity index (χ2v) is 16.4. The number of hydrogen-bond donors (Lipinski definition) is 4. The molecule has 2 aliphatic heterocycles. The molecule has 0 aliphatic carbocycles. The number of carboxylic acids is 2. The molecule has 16 nitrogen and oxygen atoms in total. The lowest BCUT2D eigenvalue weighted by Gasteiger charge is -2.35. The minimum Gasteiger partial charge on any atom is -0.480 e.